The van der Waals surface area contributed by atoms with Crippen molar-refractivity contribution in [2.75, 3.05) is 0 Å². The number of rotatable bonds is 1. The smallest absolute Gasteiger partial charge is 0.162 e. The topological polar surface area (TPSA) is 15.8 Å². The molecular weight excluding hydrogens is 174 g/mol. The molecule has 12 heavy (non-hydrogen) atoms. The van der Waals surface area contributed by atoms with Crippen LogP contribution in [0.2, 0.25) is 0 Å². The molecule has 1 saturated heterocycles. The summed E-state index contributed by atoms with van der Waals surface area (Å²) < 4.78 is 5.42. The Balaban J connectivity index is 2.15. The summed E-state index contributed by atoms with van der Waals surface area (Å²) in [6.45, 7) is 4.28. The van der Waals surface area contributed by atoms with Gasteiger partial charge in [0, 0.05) is 12.2 Å². The van der Waals surface area contributed by atoms with E-state index in [-0.39, 0.29) is 12.3 Å². The van der Waals surface area contributed by atoms with Crippen LogP contribution in [-0.2, 0) is 4.74 Å². The Morgan fingerprint density at radius 1 is 1.58 bits per heavy atom. The first kappa shape index (κ1) is 8.14. The van der Waals surface area contributed by atoms with Gasteiger partial charge in [-0.05, 0) is 26.0 Å². The molecule has 2 rings (SSSR count). The summed E-state index contributed by atoms with van der Waals surface area (Å²) in [5.74, 6) is 0. The van der Waals surface area contributed by atoms with E-state index in [1.165, 1.54) is 0 Å². The van der Waals surface area contributed by atoms with Crippen molar-refractivity contribution in [1.29, 1.82) is 0 Å². The summed E-state index contributed by atoms with van der Waals surface area (Å²) in [7, 11) is 0. The van der Waals surface area contributed by atoms with Gasteiger partial charge in [-0.2, -0.15) is 0 Å². The molecule has 0 aromatic heterocycles. The third-order valence-corrected chi connectivity index (χ3v) is 2.49. The number of nitrogens with zero attached hydrogens (tertiary/aromatic N) is 1. The zero-order valence-electron chi connectivity index (χ0n) is 7.20. The van der Waals surface area contributed by atoms with Gasteiger partial charge in [0.15, 0.2) is 6.23 Å². The fraction of sp³-hybridized carbons (Fsp3) is 0.556. The van der Waals surface area contributed by atoms with Crippen LogP contribution in [0.25, 0.3) is 0 Å². The van der Waals surface area contributed by atoms with Crippen LogP contribution >= 0.6 is 11.6 Å². The van der Waals surface area contributed by atoms with Gasteiger partial charge in [0.1, 0.15) is 6.10 Å². The van der Waals surface area contributed by atoms with Crippen LogP contribution in [0.3, 0.4) is 0 Å². The summed E-state index contributed by atoms with van der Waals surface area (Å²) in [6.07, 6.45) is 6.19. The van der Waals surface area contributed by atoms with E-state index in [1.807, 2.05) is 18.4 Å². The number of ether oxygens (including phenoxy) is 1. The van der Waals surface area contributed by atoms with Crippen molar-refractivity contribution in [1.82, 2.24) is 4.90 Å². The normalized spacial score (nSPS) is 33.0. The summed E-state index contributed by atoms with van der Waals surface area (Å²) in [6, 6.07) is 0.465. The van der Waals surface area contributed by atoms with Crippen LogP contribution < -0.4 is 0 Å². The summed E-state index contributed by atoms with van der Waals surface area (Å²) in [5.41, 5.74) is 0. The Morgan fingerprint density at radius 2 is 2.33 bits per heavy atom. The third-order valence-electron chi connectivity index (χ3n) is 2.14. The van der Waals surface area contributed by atoms with Gasteiger partial charge in [0.2, 0.25) is 0 Å². The van der Waals surface area contributed by atoms with Crippen molar-refractivity contribution in [2.24, 2.45) is 0 Å². The van der Waals surface area contributed by atoms with E-state index < -0.39 is 0 Å². The van der Waals surface area contributed by atoms with Crippen LogP contribution in [0, 0.1) is 0 Å². The largest absolute Gasteiger partial charge is 0.348 e. The fourth-order valence-electron chi connectivity index (χ4n) is 1.41. The molecule has 0 aliphatic carbocycles. The molecule has 66 valence electrons. The van der Waals surface area contributed by atoms with Gasteiger partial charge >= 0.3 is 0 Å². The second kappa shape index (κ2) is 2.79. The minimum absolute atomic E-state index is 0.115. The first-order valence-electron chi connectivity index (χ1n) is 4.17. The minimum atomic E-state index is 0.115. The number of allylic oxidation sites excluding steroid dienone is 2. The lowest BCUT2D eigenvalue weighted by Gasteiger charge is -2.21. The van der Waals surface area contributed by atoms with Gasteiger partial charge in [0.25, 0.3) is 0 Å². The molecule has 0 amide bonds. The summed E-state index contributed by atoms with van der Waals surface area (Å²) >= 11 is 5.94. The molecule has 0 bridgehead atoms. The molecular formula is C9H12ClNO. The Kier molecular flexibility index (Phi) is 1.89. The van der Waals surface area contributed by atoms with E-state index in [0.29, 0.717) is 6.04 Å². The summed E-state index contributed by atoms with van der Waals surface area (Å²) in [5, 5.41) is 0.805. The van der Waals surface area contributed by atoms with Crippen molar-refractivity contribution in [3.63, 3.8) is 0 Å². The Labute approximate surface area is 77.4 Å². The van der Waals surface area contributed by atoms with E-state index in [9.17, 15) is 0 Å². The van der Waals surface area contributed by atoms with Crippen LogP contribution in [-0.4, -0.2) is 23.3 Å². The highest BCUT2D eigenvalue weighted by molar-refractivity contribution is 6.30. The number of halogens is 1. The van der Waals surface area contributed by atoms with Crippen molar-refractivity contribution in [2.45, 2.75) is 32.2 Å². The van der Waals surface area contributed by atoms with Crippen molar-refractivity contribution in [3.05, 3.63) is 23.4 Å². The molecule has 2 atom stereocenters. The fourth-order valence-corrected chi connectivity index (χ4v) is 1.64. The molecule has 0 saturated carbocycles. The molecule has 0 spiro atoms. The Morgan fingerprint density at radius 3 is 3.00 bits per heavy atom. The average Bonchev–Trinajstić information content (AvgIpc) is 2.73. The van der Waals surface area contributed by atoms with Crippen LogP contribution in [0.4, 0.5) is 0 Å². The SMILES string of the molecule is CC(C)N1C=CC=C(Cl)C2OC21. The molecule has 2 nitrogen and oxygen atoms in total. The highest BCUT2D eigenvalue weighted by Gasteiger charge is 2.46. The van der Waals surface area contributed by atoms with E-state index in [2.05, 4.69) is 18.7 Å². The van der Waals surface area contributed by atoms with E-state index >= 15 is 0 Å². The molecule has 2 aliphatic rings. The predicted molar refractivity (Wildman–Crippen MR) is 48.7 cm³/mol. The van der Waals surface area contributed by atoms with E-state index in [1.54, 1.807) is 0 Å². The second-order valence-corrected chi connectivity index (χ2v) is 3.82. The Bertz CT molecular complexity index is 247. The van der Waals surface area contributed by atoms with Gasteiger partial charge in [-0.3, -0.25) is 0 Å². The highest BCUT2D eigenvalue weighted by Crippen LogP contribution is 2.36. The molecule has 0 aromatic rings. The number of hydrogen-bond acceptors (Lipinski definition) is 2. The summed E-state index contributed by atoms with van der Waals surface area (Å²) in [4.78, 5) is 2.18. The van der Waals surface area contributed by atoms with Crippen LogP contribution in [0.1, 0.15) is 13.8 Å². The van der Waals surface area contributed by atoms with Crippen LogP contribution in [0.5, 0.6) is 0 Å². The lowest BCUT2D eigenvalue weighted by molar-refractivity contribution is 0.200. The maximum absolute atomic E-state index is 5.94. The maximum atomic E-state index is 5.94. The van der Waals surface area contributed by atoms with E-state index in [0.717, 1.165) is 5.03 Å². The zero-order chi connectivity index (χ0) is 8.72. The highest BCUT2D eigenvalue weighted by atomic mass is 35.5. The molecule has 2 unspecified atom stereocenters. The molecule has 0 radical (unpaired) electrons. The lowest BCUT2D eigenvalue weighted by atomic mass is 10.3. The van der Waals surface area contributed by atoms with Gasteiger partial charge in [0.05, 0.1) is 5.03 Å². The van der Waals surface area contributed by atoms with Crippen molar-refractivity contribution < 1.29 is 4.74 Å². The maximum Gasteiger partial charge on any atom is 0.162 e. The average molecular weight is 186 g/mol. The molecule has 2 aliphatic heterocycles. The molecule has 0 N–H and O–H groups in total. The monoisotopic (exact) mass is 185 g/mol. The third kappa shape index (κ3) is 1.25. The molecule has 3 heteroatoms. The van der Waals surface area contributed by atoms with Crippen LogP contribution in [0.15, 0.2) is 23.4 Å². The predicted octanol–water partition coefficient (Wildman–Crippen LogP) is 2.07. The molecule has 2 heterocycles. The quantitative estimate of drug-likeness (QED) is 0.582. The molecule has 1 fully saturated rings. The van der Waals surface area contributed by atoms with Crippen molar-refractivity contribution >= 4 is 11.6 Å². The van der Waals surface area contributed by atoms with E-state index in [4.69, 9.17) is 16.3 Å². The minimum Gasteiger partial charge on any atom is -0.348 e. The second-order valence-electron chi connectivity index (χ2n) is 3.38. The standard InChI is InChI=1S/C9H12ClNO/c1-6(2)11-5-3-4-7(10)8-9(11)12-8/h3-6,8-9H,1-2H3. The van der Waals surface area contributed by atoms with Gasteiger partial charge in [-0.1, -0.05) is 11.6 Å². The lowest BCUT2D eigenvalue weighted by Crippen LogP contribution is -2.29. The van der Waals surface area contributed by atoms with Gasteiger partial charge in [-0.25, -0.2) is 0 Å². The molecule has 0 aromatic carbocycles. The van der Waals surface area contributed by atoms with Crippen molar-refractivity contribution in [3.8, 4) is 0 Å². The number of hydrogen-bond donors (Lipinski definition) is 0. The first-order chi connectivity index (χ1) is 5.70. The zero-order valence-corrected chi connectivity index (χ0v) is 7.95. The van der Waals surface area contributed by atoms with Gasteiger partial charge < -0.3 is 9.64 Å². The first-order valence-corrected chi connectivity index (χ1v) is 4.54. The Hall–Kier alpha value is -0.470. The van der Waals surface area contributed by atoms with Gasteiger partial charge in [-0.15, -0.1) is 0 Å². The number of fused-ring (bicyclic) bond motifs is 1. The number of epoxide rings is 1.